The minimum atomic E-state index is -0.760. The van der Waals surface area contributed by atoms with Crippen molar-refractivity contribution >= 4 is 23.5 Å². The fourth-order valence-electron chi connectivity index (χ4n) is 2.90. The molecule has 3 rings (SSSR count). The van der Waals surface area contributed by atoms with Crippen LogP contribution in [0.3, 0.4) is 0 Å². The maximum absolute atomic E-state index is 13.2. The lowest BCUT2D eigenvalue weighted by atomic mass is 10.1. The van der Waals surface area contributed by atoms with E-state index in [2.05, 4.69) is 10.6 Å². The number of rotatable bonds is 7. The Balaban J connectivity index is 1.53. The molecule has 1 aliphatic rings. The molecule has 0 radical (unpaired) electrons. The molecule has 4 amide bonds. The van der Waals surface area contributed by atoms with Crippen LogP contribution in [-0.4, -0.2) is 35.9 Å². The third-order valence-electron chi connectivity index (χ3n) is 4.38. The van der Waals surface area contributed by atoms with Gasteiger partial charge in [0.1, 0.15) is 17.6 Å². The van der Waals surface area contributed by atoms with E-state index in [1.165, 1.54) is 18.2 Å². The van der Waals surface area contributed by atoms with E-state index in [9.17, 15) is 18.8 Å². The summed E-state index contributed by atoms with van der Waals surface area (Å²) in [4.78, 5) is 37.8. The lowest BCUT2D eigenvalue weighted by Gasteiger charge is -2.13. The van der Waals surface area contributed by atoms with Crippen LogP contribution < -0.4 is 15.4 Å². The van der Waals surface area contributed by atoms with Crippen molar-refractivity contribution in [2.45, 2.75) is 25.4 Å². The van der Waals surface area contributed by atoms with Crippen LogP contribution in [0.4, 0.5) is 14.9 Å². The standard InChI is InChI=1S/C20H20FN3O4/c1-28-16-7-5-13(6-8-16)12-24-19(26)17(23-20(24)27)9-10-18(25)22-15-4-2-3-14(21)11-15/h2-8,11,17H,9-10,12H2,1H3,(H,22,25)(H,23,27)/t17-/m0/s1. The molecule has 146 valence electrons. The van der Waals surface area contributed by atoms with Gasteiger partial charge >= 0.3 is 6.03 Å². The van der Waals surface area contributed by atoms with Crippen molar-refractivity contribution in [3.63, 3.8) is 0 Å². The summed E-state index contributed by atoms with van der Waals surface area (Å²) in [5, 5.41) is 5.16. The summed E-state index contributed by atoms with van der Waals surface area (Å²) in [6.07, 6.45) is 0.175. The summed E-state index contributed by atoms with van der Waals surface area (Å²) in [6, 6.07) is 11.3. The van der Waals surface area contributed by atoms with E-state index in [0.29, 0.717) is 11.4 Å². The molecule has 0 saturated carbocycles. The molecule has 0 spiro atoms. The Morgan fingerprint density at radius 2 is 1.96 bits per heavy atom. The third-order valence-corrected chi connectivity index (χ3v) is 4.38. The number of halogens is 1. The molecular weight excluding hydrogens is 365 g/mol. The molecule has 0 aliphatic carbocycles. The summed E-state index contributed by atoms with van der Waals surface area (Å²) in [6.45, 7) is 0.140. The predicted molar refractivity (Wildman–Crippen MR) is 100 cm³/mol. The van der Waals surface area contributed by atoms with E-state index in [1.54, 1.807) is 37.4 Å². The van der Waals surface area contributed by atoms with Gasteiger partial charge in [0.15, 0.2) is 0 Å². The largest absolute Gasteiger partial charge is 0.497 e. The number of carbonyl (C=O) groups is 3. The van der Waals surface area contributed by atoms with Crippen molar-refractivity contribution in [1.29, 1.82) is 0 Å². The van der Waals surface area contributed by atoms with Gasteiger partial charge in [0.25, 0.3) is 5.91 Å². The Morgan fingerprint density at radius 1 is 1.21 bits per heavy atom. The Labute approximate surface area is 161 Å². The van der Waals surface area contributed by atoms with Gasteiger partial charge in [0.2, 0.25) is 5.91 Å². The molecule has 1 aliphatic heterocycles. The van der Waals surface area contributed by atoms with Crippen molar-refractivity contribution in [2.24, 2.45) is 0 Å². The summed E-state index contributed by atoms with van der Waals surface area (Å²) in [5.41, 5.74) is 1.13. The average molecular weight is 385 g/mol. The summed E-state index contributed by atoms with van der Waals surface area (Å²) in [7, 11) is 1.56. The van der Waals surface area contributed by atoms with Gasteiger partial charge in [-0.25, -0.2) is 9.18 Å². The number of ether oxygens (including phenoxy) is 1. The normalized spacial score (nSPS) is 16.1. The van der Waals surface area contributed by atoms with E-state index >= 15 is 0 Å². The number of nitrogens with zero attached hydrogens (tertiary/aromatic N) is 1. The minimum absolute atomic E-state index is 0.0174. The number of hydrogen-bond acceptors (Lipinski definition) is 4. The average Bonchev–Trinajstić information content (AvgIpc) is 2.94. The molecule has 28 heavy (non-hydrogen) atoms. The van der Waals surface area contributed by atoms with Crippen LogP contribution in [0.2, 0.25) is 0 Å². The monoisotopic (exact) mass is 385 g/mol. The van der Waals surface area contributed by atoms with Gasteiger partial charge in [-0.05, 0) is 42.3 Å². The quantitative estimate of drug-likeness (QED) is 0.718. The molecule has 1 heterocycles. The molecule has 1 saturated heterocycles. The highest BCUT2D eigenvalue weighted by atomic mass is 19.1. The molecule has 2 N–H and O–H groups in total. The van der Waals surface area contributed by atoms with E-state index in [0.717, 1.165) is 10.5 Å². The first-order valence-corrected chi connectivity index (χ1v) is 8.76. The van der Waals surface area contributed by atoms with Crippen LogP contribution in [0, 0.1) is 5.82 Å². The van der Waals surface area contributed by atoms with Crippen molar-refractivity contribution < 1.29 is 23.5 Å². The number of anilines is 1. The SMILES string of the molecule is COc1ccc(CN2C(=O)N[C@@H](CCC(=O)Nc3cccc(F)c3)C2=O)cc1. The number of carbonyl (C=O) groups excluding carboxylic acids is 3. The van der Waals surface area contributed by atoms with Crippen molar-refractivity contribution in [1.82, 2.24) is 10.2 Å². The van der Waals surface area contributed by atoms with Gasteiger partial charge in [0, 0.05) is 12.1 Å². The Bertz CT molecular complexity index is 885. The zero-order chi connectivity index (χ0) is 20.1. The van der Waals surface area contributed by atoms with E-state index in [1.807, 2.05) is 0 Å². The second-order valence-corrected chi connectivity index (χ2v) is 6.37. The minimum Gasteiger partial charge on any atom is -0.497 e. The summed E-state index contributed by atoms with van der Waals surface area (Å²) >= 11 is 0. The first-order chi connectivity index (χ1) is 13.5. The highest BCUT2D eigenvalue weighted by molar-refractivity contribution is 6.04. The zero-order valence-electron chi connectivity index (χ0n) is 15.3. The fraction of sp³-hybridized carbons (Fsp3) is 0.250. The van der Waals surface area contributed by atoms with Crippen LogP contribution in [0.5, 0.6) is 5.75 Å². The van der Waals surface area contributed by atoms with Gasteiger partial charge in [-0.1, -0.05) is 18.2 Å². The second kappa shape index (κ2) is 8.51. The van der Waals surface area contributed by atoms with E-state index < -0.39 is 17.9 Å². The molecular formula is C20H20FN3O4. The maximum atomic E-state index is 13.2. The fourth-order valence-corrected chi connectivity index (χ4v) is 2.90. The number of urea groups is 1. The lowest BCUT2D eigenvalue weighted by molar-refractivity contribution is -0.128. The lowest BCUT2D eigenvalue weighted by Crippen LogP contribution is -2.31. The molecule has 0 bridgehead atoms. The number of imide groups is 1. The van der Waals surface area contributed by atoms with Crippen LogP contribution in [0.25, 0.3) is 0 Å². The predicted octanol–water partition coefficient (Wildman–Crippen LogP) is 2.67. The molecule has 2 aromatic rings. The van der Waals surface area contributed by atoms with Crippen LogP contribution in [0.15, 0.2) is 48.5 Å². The van der Waals surface area contributed by atoms with Crippen LogP contribution >= 0.6 is 0 Å². The van der Waals surface area contributed by atoms with Crippen molar-refractivity contribution in [2.75, 3.05) is 12.4 Å². The number of nitrogens with one attached hydrogen (secondary N) is 2. The second-order valence-electron chi connectivity index (χ2n) is 6.37. The molecule has 8 heteroatoms. The Kier molecular flexibility index (Phi) is 5.88. The first-order valence-electron chi connectivity index (χ1n) is 8.76. The molecule has 0 unspecified atom stereocenters. The Morgan fingerprint density at radius 3 is 2.64 bits per heavy atom. The smallest absolute Gasteiger partial charge is 0.325 e. The van der Waals surface area contributed by atoms with Crippen LogP contribution in [-0.2, 0) is 16.1 Å². The van der Waals surface area contributed by atoms with Crippen LogP contribution in [0.1, 0.15) is 18.4 Å². The van der Waals surface area contributed by atoms with Gasteiger partial charge in [-0.3, -0.25) is 14.5 Å². The van der Waals surface area contributed by atoms with Crippen molar-refractivity contribution in [3.8, 4) is 5.75 Å². The highest BCUT2D eigenvalue weighted by Gasteiger charge is 2.37. The number of amides is 4. The molecule has 1 atom stereocenters. The highest BCUT2D eigenvalue weighted by Crippen LogP contribution is 2.18. The zero-order valence-corrected chi connectivity index (χ0v) is 15.3. The summed E-state index contributed by atoms with van der Waals surface area (Å²) in [5.74, 6) is -0.506. The van der Waals surface area contributed by atoms with Gasteiger partial charge < -0.3 is 15.4 Å². The van der Waals surface area contributed by atoms with Gasteiger partial charge in [-0.2, -0.15) is 0 Å². The van der Waals surface area contributed by atoms with E-state index in [4.69, 9.17) is 4.74 Å². The molecule has 2 aromatic carbocycles. The van der Waals surface area contributed by atoms with Crippen molar-refractivity contribution in [3.05, 3.63) is 59.9 Å². The molecule has 7 nitrogen and oxygen atoms in total. The molecule has 1 fully saturated rings. The van der Waals surface area contributed by atoms with Gasteiger partial charge in [0.05, 0.1) is 13.7 Å². The number of hydrogen-bond donors (Lipinski definition) is 2. The Hall–Kier alpha value is -3.42. The van der Waals surface area contributed by atoms with Gasteiger partial charge in [-0.15, -0.1) is 0 Å². The van der Waals surface area contributed by atoms with E-state index in [-0.39, 0.29) is 31.2 Å². The topological polar surface area (TPSA) is 87.7 Å². The number of benzene rings is 2. The summed E-state index contributed by atoms with van der Waals surface area (Å²) < 4.78 is 18.2. The first kappa shape index (κ1) is 19.3. The number of methoxy groups -OCH3 is 1. The molecule has 0 aromatic heterocycles. The third kappa shape index (κ3) is 4.64. The maximum Gasteiger partial charge on any atom is 0.325 e.